The molecule has 2 aromatic rings. The summed E-state index contributed by atoms with van der Waals surface area (Å²) >= 11 is 0. The standard InChI is InChI=1S/C16H17FN2O/c17-14-8-6-12(7-9-14)13(11-18)10-16(20)19-15-4-2-1-3-5-15/h1-9,13H,10-11,18H2,(H,19,20). The number of halogens is 1. The van der Waals surface area contributed by atoms with Gasteiger partial charge in [0.2, 0.25) is 5.91 Å². The van der Waals surface area contributed by atoms with Crippen LogP contribution in [0.2, 0.25) is 0 Å². The Bertz CT molecular complexity index is 554. The molecular weight excluding hydrogens is 255 g/mol. The third kappa shape index (κ3) is 3.90. The first-order chi connectivity index (χ1) is 9.69. The van der Waals surface area contributed by atoms with E-state index < -0.39 is 0 Å². The summed E-state index contributed by atoms with van der Waals surface area (Å²) in [5.41, 5.74) is 7.34. The van der Waals surface area contributed by atoms with Crippen molar-refractivity contribution in [2.24, 2.45) is 5.73 Å². The maximum absolute atomic E-state index is 12.9. The SMILES string of the molecule is NCC(CC(=O)Nc1ccccc1)c1ccc(F)cc1. The molecule has 3 N–H and O–H groups in total. The molecule has 20 heavy (non-hydrogen) atoms. The third-order valence-electron chi connectivity index (χ3n) is 3.12. The summed E-state index contributed by atoms with van der Waals surface area (Å²) < 4.78 is 12.9. The van der Waals surface area contributed by atoms with Gasteiger partial charge in [0, 0.05) is 18.0 Å². The summed E-state index contributed by atoms with van der Waals surface area (Å²) in [5, 5.41) is 2.82. The van der Waals surface area contributed by atoms with Gasteiger partial charge in [-0.3, -0.25) is 4.79 Å². The number of rotatable bonds is 5. The topological polar surface area (TPSA) is 55.1 Å². The van der Waals surface area contributed by atoms with Crippen molar-refractivity contribution in [1.29, 1.82) is 0 Å². The van der Waals surface area contributed by atoms with Gasteiger partial charge in [0.25, 0.3) is 0 Å². The zero-order chi connectivity index (χ0) is 14.4. The monoisotopic (exact) mass is 272 g/mol. The van der Waals surface area contributed by atoms with Gasteiger partial charge in [-0.25, -0.2) is 4.39 Å². The van der Waals surface area contributed by atoms with Crippen LogP contribution in [0, 0.1) is 5.82 Å². The number of amides is 1. The van der Waals surface area contributed by atoms with Gasteiger partial charge in [-0.05, 0) is 36.4 Å². The molecule has 2 aromatic carbocycles. The minimum absolute atomic E-state index is 0.101. The first-order valence-electron chi connectivity index (χ1n) is 6.49. The maximum atomic E-state index is 12.9. The van der Waals surface area contributed by atoms with Gasteiger partial charge < -0.3 is 11.1 Å². The summed E-state index contributed by atoms with van der Waals surface area (Å²) in [7, 11) is 0. The Morgan fingerprint density at radius 2 is 1.75 bits per heavy atom. The molecule has 0 heterocycles. The van der Waals surface area contributed by atoms with Crippen molar-refractivity contribution >= 4 is 11.6 Å². The number of nitrogens with two attached hydrogens (primary N) is 1. The molecule has 1 unspecified atom stereocenters. The molecule has 0 aliphatic rings. The molecule has 104 valence electrons. The van der Waals surface area contributed by atoms with Gasteiger partial charge in [-0.15, -0.1) is 0 Å². The molecule has 3 nitrogen and oxygen atoms in total. The number of nitrogens with one attached hydrogen (secondary N) is 1. The van der Waals surface area contributed by atoms with Gasteiger partial charge in [-0.2, -0.15) is 0 Å². The van der Waals surface area contributed by atoms with Crippen LogP contribution in [-0.4, -0.2) is 12.5 Å². The van der Waals surface area contributed by atoms with Crippen molar-refractivity contribution in [2.75, 3.05) is 11.9 Å². The number of anilines is 1. The molecule has 0 radical (unpaired) electrons. The molecule has 0 aromatic heterocycles. The lowest BCUT2D eigenvalue weighted by atomic mass is 9.95. The highest BCUT2D eigenvalue weighted by molar-refractivity contribution is 5.91. The van der Waals surface area contributed by atoms with E-state index in [0.717, 1.165) is 11.3 Å². The van der Waals surface area contributed by atoms with E-state index in [1.807, 2.05) is 30.3 Å². The fraction of sp³-hybridized carbons (Fsp3) is 0.188. The summed E-state index contributed by atoms with van der Waals surface area (Å²) in [6.45, 7) is 0.341. The largest absolute Gasteiger partial charge is 0.330 e. The van der Waals surface area contributed by atoms with E-state index in [0.29, 0.717) is 6.54 Å². The molecule has 0 fully saturated rings. The van der Waals surface area contributed by atoms with Crippen molar-refractivity contribution < 1.29 is 9.18 Å². The molecule has 0 aliphatic heterocycles. The van der Waals surface area contributed by atoms with Crippen LogP contribution in [0.3, 0.4) is 0 Å². The molecule has 0 bridgehead atoms. The van der Waals surface area contributed by atoms with Crippen LogP contribution in [0.4, 0.5) is 10.1 Å². The van der Waals surface area contributed by atoms with Crippen molar-refractivity contribution in [3.05, 3.63) is 66.0 Å². The summed E-state index contributed by atoms with van der Waals surface area (Å²) in [6.07, 6.45) is 0.275. The van der Waals surface area contributed by atoms with Crippen molar-refractivity contribution in [3.63, 3.8) is 0 Å². The van der Waals surface area contributed by atoms with Gasteiger partial charge in [0.1, 0.15) is 5.82 Å². The number of hydrogen-bond donors (Lipinski definition) is 2. The van der Waals surface area contributed by atoms with Gasteiger partial charge in [0.05, 0.1) is 0 Å². The molecule has 0 saturated heterocycles. The van der Waals surface area contributed by atoms with Crippen LogP contribution in [-0.2, 0) is 4.79 Å². The zero-order valence-corrected chi connectivity index (χ0v) is 11.1. The van der Waals surface area contributed by atoms with E-state index >= 15 is 0 Å². The predicted molar refractivity (Wildman–Crippen MR) is 77.9 cm³/mol. The molecular formula is C16H17FN2O. The lowest BCUT2D eigenvalue weighted by molar-refractivity contribution is -0.116. The van der Waals surface area contributed by atoms with Gasteiger partial charge in [-0.1, -0.05) is 30.3 Å². The lowest BCUT2D eigenvalue weighted by Crippen LogP contribution is -2.20. The Balaban J connectivity index is 1.99. The van der Waals surface area contributed by atoms with Crippen molar-refractivity contribution in [2.45, 2.75) is 12.3 Å². The Hall–Kier alpha value is -2.20. The Labute approximate surface area is 117 Å². The highest BCUT2D eigenvalue weighted by atomic mass is 19.1. The normalized spacial score (nSPS) is 11.9. The number of carbonyl (C=O) groups is 1. The number of benzene rings is 2. The van der Waals surface area contributed by atoms with Crippen molar-refractivity contribution in [1.82, 2.24) is 0 Å². The van der Waals surface area contributed by atoms with Crippen LogP contribution in [0.25, 0.3) is 0 Å². The van der Waals surface area contributed by atoms with Crippen LogP contribution in [0.5, 0.6) is 0 Å². The number of carbonyl (C=O) groups excluding carboxylic acids is 1. The van der Waals surface area contributed by atoms with E-state index in [2.05, 4.69) is 5.32 Å². The predicted octanol–water partition coefficient (Wildman–Crippen LogP) is 2.90. The quantitative estimate of drug-likeness (QED) is 0.879. The van der Waals surface area contributed by atoms with Crippen LogP contribution < -0.4 is 11.1 Å². The third-order valence-corrected chi connectivity index (χ3v) is 3.12. The maximum Gasteiger partial charge on any atom is 0.225 e. The van der Waals surface area contributed by atoms with E-state index in [1.54, 1.807) is 12.1 Å². The second-order valence-electron chi connectivity index (χ2n) is 4.60. The molecule has 0 aliphatic carbocycles. The smallest absolute Gasteiger partial charge is 0.225 e. The molecule has 1 amide bonds. The van der Waals surface area contributed by atoms with Gasteiger partial charge >= 0.3 is 0 Å². The summed E-state index contributed by atoms with van der Waals surface area (Å²) in [4.78, 5) is 12.0. The van der Waals surface area contributed by atoms with Crippen molar-refractivity contribution in [3.8, 4) is 0 Å². The average molecular weight is 272 g/mol. The number of hydrogen-bond acceptors (Lipinski definition) is 2. The molecule has 0 spiro atoms. The summed E-state index contributed by atoms with van der Waals surface area (Å²) in [6, 6.07) is 15.4. The lowest BCUT2D eigenvalue weighted by Gasteiger charge is -2.15. The fourth-order valence-electron chi connectivity index (χ4n) is 2.03. The summed E-state index contributed by atoms with van der Waals surface area (Å²) in [5.74, 6) is -0.506. The average Bonchev–Trinajstić information content (AvgIpc) is 2.47. The Morgan fingerprint density at radius 1 is 1.10 bits per heavy atom. The fourth-order valence-corrected chi connectivity index (χ4v) is 2.03. The highest BCUT2D eigenvalue weighted by Gasteiger charge is 2.14. The second kappa shape index (κ2) is 6.82. The van der Waals surface area contributed by atoms with Gasteiger partial charge in [0.15, 0.2) is 0 Å². The van der Waals surface area contributed by atoms with E-state index in [9.17, 15) is 9.18 Å². The molecule has 1 atom stereocenters. The van der Waals surface area contributed by atoms with E-state index in [-0.39, 0.29) is 24.1 Å². The van der Waals surface area contributed by atoms with E-state index in [1.165, 1.54) is 12.1 Å². The van der Waals surface area contributed by atoms with Crippen LogP contribution >= 0.6 is 0 Å². The molecule has 4 heteroatoms. The zero-order valence-electron chi connectivity index (χ0n) is 11.1. The number of para-hydroxylation sites is 1. The van der Waals surface area contributed by atoms with Crippen LogP contribution in [0.1, 0.15) is 17.9 Å². The minimum Gasteiger partial charge on any atom is -0.330 e. The highest BCUT2D eigenvalue weighted by Crippen LogP contribution is 2.19. The molecule has 2 rings (SSSR count). The second-order valence-corrected chi connectivity index (χ2v) is 4.60. The first kappa shape index (κ1) is 14.2. The van der Waals surface area contributed by atoms with Crippen LogP contribution in [0.15, 0.2) is 54.6 Å². The Morgan fingerprint density at radius 3 is 2.35 bits per heavy atom. The Kier molecular flexibility index (Phi) is 4.85. The first-order valence-corrected chi connectivity index (χ1v) is 6.49. The molecule has 0 saturated carbocycles. The minimum atomic E-state index is -0.293. The van der Waals surface area contributed by atoms with E-state index in [4.69, 9.17) is 5.73 Å².